The minimum atomic E-state index is -0.416. The minimum Gasteiger partial charge on any atom is -0.351 e. The van der Waals surface area contributed by atoms with Gasteiger partial charge in [-0.1, -0.05) is 13.8 Å². The number of Topliss-reactive ketones (excluding diaryl/α,β-unsaturated/α-hetero) is 1. The predicted molar refractivity (Wildman–Crippen MR) is 54.7 cm³/mol. The first kappa shape index (κ1) is 10.9. The molecule has 0 radical (unpaired) electrons. The van der Waals surface area contributed by atoms with Crippen LogP contribution in [0, 0.1) is 5.92 Å². The Labute approximate surface area is 83.9 Å². The third-order valence-corrected chi connectivity index (χ3v) is 2.01. The quantitative estimate of drug-likeness (QED) is 0.733. The highest BCUT2D eigenvalue weighted by Gasteiger charge is 2.15. The Balaban J connectivity index is 2.42. The molecular formula is C10H17N3O. The van der Waals surface area contributed by atoms with E-state index in [4.69, 9.17) is 5.73 Å². The maximum atomic E-state index is 11.5. The average Bonchev–Trinajstić information content (AvgIpc) is 2.55. The highest BCUT2D eigenvalue weighted by atomic mass is 16.1. The van der Waals surface area contributed by atoms with Gasteiger partial charge in [0.25, 0.3) is 0 Å². The Morgan fingerprint density at radius 2 is 2.36 bits per heavy atom. The van der Waals surface area contributed by atoms with Gasteiger partial charge in [-0.05, 0) is 5.92 Å². The van der Waals surface area contributed by atoms with Crippen LogP contribution in [0.2, 0.25) is 0 Å². The topological polar surface area (TPSA) is 71.8 Å². The average molecular weight is 195 g/mol. The maximum Gasteiger partial charge on any atom is 0.150 e. The van der Waals surface area contributed by atoms with E-state index in [0.29, 0.717) is 18.8 Å². The van der Waals surface area contributed by atoms with E-state index in [2.05, 4.69) is 9.97 Å². The minimum absolute atomic E-state index is 0.114. The fourth-order valence-corrected chi connectivity index (χ4v) is 1.30. The summed E-state index contributed by atoms with van der Waals surface area (Å²) in [5.41, 5.74) is 6.60. The molecule has 0 amide bonds. The van der Waals surface area contributed by atoms with Gasteiger partial charge in [-0.2, -0.15) is 0 Å². The van der Waals surface area contributed by atoms with Gasteiger partial charge >= 0.3 is 0 Å². The van der Waals surface area contributed by atoms with Crippen LogP contribution in [-0.2, 0) is 11.2 Å². The molecule has 0 unspecified atom stereocenters. The Kier molecular flexibility index (Phi) is 3.83. The SMILES string of the molecule is CC(C)CC(=O)[C@@H](N)Cc1c[nH]cn1. The zero-order valence-electron chi connectivity index (χ0n) is 8.66. The first-order valence-corrected chi connectivity index (χ1v) is 4.85. The molecular weight excluding hydrogens is 178 g/mol. The van der Waals surface area contributed by atoms with Crippen LogP contribution in [0.25, 0.3) is 0 Å². The number of aromatic amines is 1. The van der Waals surface area contributed by atoms with Crippen molar-refractivity contribution in [2.45, 2.75) is 32.7 Å². The van der Waals surface area contributed by atoms with Gasteiger partial charge in [0, 0.05) is 19.0 Å². The van der Waals surface area contributed by atoms with Crippen molar-refractivity contribution in [2.24, 2.45) is 11.7 Å². The van der Waals surface area contributed by atoms with Crippen molar-refractivity contribution in [2.75, 3.05) is 0 Å². The maximum absolute atomic E-state index is 11.5. The van der Waals surface area contributed by atoms with E-state index in [1.165, 1.54) is 0 Å². The predicted octanol–water partition coefficient (Wildman–Crippen LogP) is 0.895. The molecule has 14 heavy (non-hydrogen) atoms. The number of carbonyl (C=O) groups is 1. The summed E-state index contributed by atoms with van der Waals surface area (Å²) in [5, 5.41) is 0. The van der Waals surface area contributed by atoms with Crippen molar-refractivity contribution in [3.63, 3.8) is 0 Å². The van der Waals surface area contributed by atoms with E-state index in [9.17, 15) is 4.79 Å². The van der Waals surface area contributed by atoms with Crippen molar-refractivity contribution in [3.05, 3.63) is 18.2 Å². The zero-order valence-corrected chi connectivity index (χ0v) is 8.66. The molecule has 4 heteroatoms. The molecule has 0 spiro atoms. The monoisotopic (exact) mass is 195 g/mol. The van der Waals surface area contributed by atoms with Gasteiger partial charge in [0.15, 0.2) is 0 Å². The number of ketones is 1. The largest absolute Gasteiger partial charge is 0.351 e. The van der Waals surface area contributed by atoms with Crippen molar-refractivity contribution < 1.29 is 4.79 Å². The van der Waals surface area contributed by atoms with E-state index in [1.54, 1.807) is 12.5 Å². The molecule has 0 aliphatic carbocycles. The number of imidazole rings is 1. The summed E-state index contributed by atoms with van der Waals surface area (Å²) in [4.78, 5) is 18.4. The van der Waals surface area contributed by atoms with Gasteiger partial charge in [-0.15, -0.1) is 0 Å². The Hall–Kier alpha value is -1.16. The number of nitrogens with zero attached hydrogens (tertiary/aromatic N) is 1. The lowest BCUT2D eigenvalue weighted by molar-refractivity contribution is -0.120. The van der Waals surface area contributed by atoms with Crippen LogP contribution in [0.1, 0.15) is 26.0 Å². The van der Waals surface area contributed by atoms with Crippen LogP contribution in [0.3, 0.4) is 0 Å². The molecule has 1 aromatic rings. The third-order valence-electron chi connectivity index (χ3n) is 2.01. The molecule has 0 aliphatic rings. The van der Waals surface area contributed by atoms with E-state index in [-0.39, 0.29) is 5.78 Å². The molecule has 0 saturated heterocycles. The summed E-state index contributed by atoms with van der Waals surface area (Å²) in [6.07, 6.45) is 4.43. The van der Waals surface area contributed by atoms with Gasteiger partial charge in [-0.3, -0.25) is 4.79 Å². The van der Waals surface area contributed by atoms with Crippen LogP contribution in [0.15, 0.2) is 12.5 Å². The zero-order chi connectivity index (χ0) is 10.6. The lowest BCUT2D eigenvalue weighted by atomic mass is 9.99. The summed E-state index contributed by atoms with van der Waals surface area (Å²) in [5.74, 6) is 0.482. The molecule has 3 N–H and O–H groups in total. The van der Waals surface area contributed by atoms with Gasteiger partial charge in [0.1, 0.15) is 5.78 Å². The summed E-state index contributed by atoms with van der Waals surface area (Å²) >= 11 is 0. The van der Waals surface area contributed by atoms with E-state index < -0.39 is 6.04 Å². The van der Waals surface area contributed by atoms with E-state index in [0.717, 1.165) is 5.69 Å². The first-order chi connectivity index (χ1) is 6.59. The fourth-order valence-electron chi connectivity index (χ4n) is 1.30. The normalized spacial score (nSPS) is 13.1. The molecule has 1 aromatic heterocycles. The Morgan fingerprint density at radius 3 is 2.86 bits per heavy atom. The van der Waals surface area contributed by atoms with Gasteiger partial charge in [-0.25, -0.2) is 4.98 Å². The molecule has 1 rings (SSSR count). The van der Waals surface area contributed by atoms with Crippen LogP contribution in [0.4, 0.5) is 0 Å². The summed E-state index contributed by atoms with van der Waals surface area (Å²) in [6, 6.07) is -0.416. The number of H-pyrrole nitrogens is 1. The van der Waals surface area contributed by atoms with Crippen LogP contribution in [0.5, 0.6) is 0 Å². The Morgan fingerprint density at radius 1 is 1.64 bits per heavy atom. The van der Waals surface area contributed by atoms with Crippen molar-refractivity contribution in [1.82, 2.24) is 9.97 Å². The lowest BCUT2D eigenvalue weighted by Gasteiger charge is -2.10. The standard InChI is InChI=1S/C10H17N3O/c1-7(2)3-10(14)9(11)4-8-5-12-6-13-8/h5-7,9H,3-4,11H2,1-2H3,(H,12,13)/t9-/m0/s1. The number of rotatable bonds is 5. The van der Waals surface area contributed by atoms with Gasteiger partial charge < -0.3 is 10.7 Å². The number of hydrogen-bond acceptors (Lipinski definition) is 3. The smallest absolute Gasteiger partial charge is 0.150 e. The summed E-state index contributed by atoms with van der Waals surface area (Å²) < 4.78 is 0. The third kappa shape index (κ3) is 3.30. The molecule has 0 saturated carbocycles. The van der Waals surface area contributed by atoms with Crippen LogP contribution in [-0.4, -0.2) is 21.8 Å². The molecule has 0 fully saturated rings. The molecule has 0 aliphatic heterocycles. The second kappa shape index (κ2) is 4.91. The molecule has 0 aromatic carbocycles. The molecule has 0 bridgehead atoms. The number of nitrogens with two attached hydrogens (primary N) is 1. The van der Waals surface area contributed by atoms with Crippen molar-refractivity contribution in [3.8, 4) is 0 Å². The second-order valence-corrected chi connectivity index (χ2v) is 3.94. The number of aromatic nitrogens is 2. The molecule has 1 atom stereocenters. The van der Waals surface area contributed by atoms with Gasteiger partial charge in [0.05, 0.1) is 18.1 Å². The highest BCUT2D eigenvalue weighted by Crippen LogP contribution is 2.05. The molecule has 4 nitrogen and oxygen atoms in total. The second-order valence-electron chi connectivity index (χ2n) is 3.94. The van der Waals surface area contributed by atoms with Crippen LogP contribution < -0.4 is 5.73 Å². The fraction of sp³-hybridized carbons (Fsp3) is 0.600. The summed E-state index contributed by atoms with van der Waals surface area (Å²) in [6.45, 7) is 4.03. The van der Waals surface area contributed by atoms with E-state index in [1.807, 2.05) is 13.8 Å². The number of hydrogen-bond donors (Lipinski definition) is 2. The van der Waals surface area contributed by atoms with Gasteiger partial charge in [0.2, 0.25) is 0 Å². The summed E-state index contributed by atoms with van der Waals surface area (Å²) in [7, 11) is 0. The Bertz CT molecular complexity index is 280. The molecule has 1 heterocycles. The highest BCUT2D eigenvalue weighted by molar-refractivity contribution is 5.84. The van der Waals surface area contributed by atoms with E-state index >= 15 is 0 Å². The number of carbonyl (C=O) groups excluding carboxylic acids is 1. The molecule has 78 valence electrons. The lowest BCUT2D eigenvalue weighted by Crippen LogP contribution is -2.33. The van der Waals surface area contributed by atoms with Crippen molar-refractivity contribution >= 4 is 5.78 Å². The first-order valence-electron chi connectivity index (χ1n) is 4.85. The number of nitrogens with one attached hydrogen (secondary N) is 1. The van der Waals surface area contributed by atoms with Crippen molar-refractivity contribution in [1.29, 1.82) is 0 Å². The van der Waals surface area contributed by atoms with Crippen LogP contribution >= 0.6 is 0 Å².